The van der Waals surface area contributed by atoms with Gasteiger partial charge in [-0.2, -0.15) is 13.2 Å². The second-order valence-electron chi connectivity index (χ2n) is 5.69. The third-order valence-corrected chi connectivity index (χ3v) is 4.89. The number of thiocarbonyl (C=S) groups is 1. The maximum atomic E-state index is 12.5. The molecule has 1 N–H and O–H groups in total. The van der Waals surface area contributed by atoms with Crippen LogP contribution in [0.1, 0.15) is 19.4 Å². The summed E-state index contributed by atoms with van der Waals surface area (Å²) in [5, 5.41) is 2.46. The number of rotatable bonds is 3. The number of halogens is 3. The van der Waals surface area contributed by atoms with Crippen molar-refractivity contribution >= 4 is 40.0 Å². The van der Waals surface area contributed by atoms with Crippen LogP contribution in [0, 0.1) is 0 Å². The van der Waals surface area contributed by atoms with Crippen LogP contribution in [0.4, 0.5) is 19.0 Å². The van der Waals surface area contributed by atoms with Crippen LogP contribution in [0.15, 0.2) is 18.3 Å². The third kappa shape index (κ3) is 6.12. The molecule has 2 atom stereocenters. The Balaban J connectivity index is 1.81. The van der Waals surface area contributed by atoms with E-state index in [-0.39, 0.29) is 29.7 Å². The van der Waals surface area contributed by atoms with Crippen LogP contribution in [-0.2, 0) is 15.7 Å². The van der Waals surface area contributed by atoms with Crippen molar-refractivity contribution in [3.8, 4) is 0 Å². The van der Waals surface area contributed by atoms with Gasteiger partial charge in [-0.1, -0.05) is 24.0 Å². The molecule has 5 nitrogen and oxygen atoms in total. The van der Waals surface area contributed by atoms with Gasteiger partial charge in [0.15, 0.2) is 0 Å². The molecule has 0 spiro atoms. The molecule has 138 valence electrons. The van der Waals surface area contributed by atoms with E-state index in [0.717, 1.165) is 12.1 Å². The standard InChI is InChI=1S/C15H18F3N3O2S2/c1-9-6-21(7-10(2)23-9)14(24)25-8-13(22)20-12-4-3-11(5-19-12)15(16,17)18/h3-5,9-10H,6-8H2,1-2H3,(H,19,20,22). The van der Waals surface area contributed by atoms with E-state index >= 15 is 0 Å². The van der Waals surface area contributed by atoms with Gasteiger partial charge in [-0.05, 0) is 26.0 Å². The van der Waals surface area contributed by atoms with Crippen LogP contribution in [0.2, 0.25) is 0 Å². The van der Waals surface area contributed by atoms with Gasteiger partial charge in [0.1, 0.15) is 10.1 Å². The molecule has 1 saturated heterocycles. The Morgan fingerprint density at radius 2 is 2.04 bits per heavy atom. The summed E-state index contributed by atoms with van der Waals surface area (Å²) in [4.78, 5) is 17.5. The van der Waals surface area contributed by atoms with Gasteiger partial charge < -0.3 is 15.0 Å². The van der Waals surface area contributed by atoms with E-state index < -0.39 is 11.7 Å². The SMILES string of the molecule is CC1CN(C(=S)SCC(=O)Nc2ccc(C(F)(F)F)cn2)CC(C)O1. The summed E-state index contributed by atoms with van der Waals surface area (Å²) in [7, 11) is 0. The lowest BCUT2D eigenvalue weighted by Crippen LogP contribution is -2.47. The first kappa shape index (κ1) is 19.9. The number of amides is 1. The minimum absolute atomic E-state index is 0.0572. The quantitative estimate of drug-likeness (QED) is 0.797. The lowest BCUT2D eigenvalue weighted by Gasteiger charge is -2.36. The molecule has 2 heterocycles. The summed E-state index contributed by atoms with van der Waals surface area (Å²) < 4.78 is 43.6. The first-order valence-electron chi connectivity index (χ1n) is 7.55. The molecule has 1 aliphatic rings. The number of aromatic nitrogens is 1. The van der Waals surface area contributed by atoms with Crippen LogP contribution >= 0.6 is 24.0 Å². The van der Waals surface area contributed by atoms with Gasteiger partial charge in [-0.25, -0.2) is 4.98 Å². The summed E-state index contributed by atoms with van der Waals surface area (Å²) in [5.41, 5.74) is -0.864. The number of carbonyl (C=O) groups excluding carboxylic acids is 1. The van der Waals surface area contributed by atoms with Crippen molar-refractivity contribution in [1.29, 1.82) is 0 Å². The maximum Gasteiger partial charge on any atom is 0.417 e. The molecule has 1 aliphatic heterocycles. The Kier molecular flexibility index (Phi) is 6.64. The van der Waals surface area contributed by atoms with Gasteiger partial charge in [0.05, 0.1) is 23.5 Å². The first-order valence-corrected chi connectivity index (χ1v) is 8.95. The van der Waals surface area contributed by atoms with Crippen molar-refractivity contribution in [3.05, 3.63) is 23.9 Å². The van der Waals surface area contributed by atoms with Crippen molar-refractivity contribution in [2.75, 3.05) is 24.2 Å². The van der Waals surface area contributed by atoms with E-state index in [1.165, 1.54) is 11.8 Å². The molecule has 0 radical (unpaired) electrons. The third-order valence-electron chi connectivity index (χ3n) is 3.36. The van der Waals surface area contributed by atoms with Crippen LogP contribution in [-0.4, -0.2) is 51.2 Å². The number of hydrogen-bond donors (Lipinski definition) is 1. The highest BCUT2D eigenvalue weighted by Gasteiger charge is 2.30. The molecule has 10 heteroatoms. The van der Waals surface area contributed by atoms with Crippen LogP contribution < -0.4 is 5.32 Å². The molecule has 0 aromatic carbocycles. The molecular formula is C15H18F3N3O2S2. The molecule has 1 amide bonds. The molecule has 1 fully saturated rings. The van der Waals surface area contributed by atoms with Crippen LogP contribution in [0.5, 0.6) is 0 Å². The molecule has 0 saturated carbocycles. The summed E-state index contributed by atoms with van der Waals surface area (Å²) in [5.74, 6) is -0.256. The van der Waals surface area contributed by atoms with E-state index in [2.05, 4.69) is 10.3 Å². The molecule has 0 bridgehead atoms. The van der Waals surface area contributed by atoms with Crippen molar-refractivity contribution in [2.45, 2.75) is 32.2 Å². The number of nitrogens with one attached hydrogen (secondary N) is 1. The lowest BCUT2D eigenvalue weighted by atomic mass is 10.2. The molecule has 1 aromatic heterocycles. The maximum absolute atomic E-state index is 12.5. The zero-order valence-corrected chi connectivity index (χ0v) is 15.3. The predicted octanol–water partition coefficient (Wildman–Crippen LogP) is 3.17. The summed E-state index contributed by atoms with van der Waals surface area (Å²) >= 11 is 6.54. The zero-order chi connectivity index (χ0) is 18.6. The van der Waals surface area contributed by atoms with Gasteiger partial charge in [0.25, 0.3) is 0 Å². The molecule has 2 rings (SSSR count). The Bertz CT molecular complexity index is 615. The van der Waals surface area contributed by atoms with E-state index in [4.69, 9.17) is 17.0 Å². The average molecular weight is 393 g/mol. The van der Waals surface area contributed by atoms with E-state index in [0.29, 0.717) is 23.6 Å². The summed E-state index contributed by atoms with van der Waals surface area (Å²) in [6.07, 6.45) is -3.64. The molecule has 25 heavy (non-hydrogen) atoms. The number of thioether (sulfide) groups is 1. The number of alkyl halides is 3. The van der Waals surface area contributed by atoms with Gasteiger partial charge in [-0.15, -0.1) is 0 Å². The normalized spacial score (nSPS) is 21.1. The topological polar surface area (TPSA) is 54.5 Å². The van der Waals surface area contributed by atoms with Crippen molar-refractivity contribution in [1.82, 2.24) is 9.88 Å². The molecular weight excluding hydrogens is 375 g/mol. The predicted molar refractivity (Wildman–Crippen MR) is 94.5 cm³/mol. The van der Waals surface area contributed by atoms with E-state index in [1.807, 2.05) is 18.7 Å². The summed E-state index contributed by atoms with van der Waals surface area (Å²) in [6, 6.07) is 1.99. The van der Waals surface area contributed by atoms with Gasteiger partial charge in [0.2, 0.25) is 5.91 Å². The number of pyridine rings is 1. The first-order chi connectivity index (χ1) is 11.6. The van der Waals surface area contributed by atoms with Crippen LogP contribution in [0.3, 0.4) is 0 Å². The lowest BCUT2D eigenvalue weighted by molar-refractivity contribution is -0.137. The Hall–Kier alpha value is -1.39. The van der Waals surface area contributed by atoms with Gasteiger partial charge >= 0.3 is 6.18 Å². The summed E-state index contributed by atoms with van der Waals surface area (Å²) in [6.45, 7) is 5.24. The highest BCUT2D eigenvalue weighted by molar-refractivity contribution is 8.23. The Morgan fingerprint density at radius 1 is 1.40 bits per heavy atom. The number of carbonyl (C=O) groups is 1. The van der Waals surface area contributed by atoms with Crippen LogP contribution in [0.25, 0.3) is 0 Å². The number of nitrogens with zero attached hydrogens (tertiary/aromatic N) is 2. The van der Waals surface area contributed by atoms with E-state index in [9.17, 15) is 18.0 Å². The van der Waals surface area contributed by atoms with Crippen molar-refractivity contribution < 1.29 is 22.7 Å². The Morgan fingerprint density at radius 3 is 2.56 bits per heavy atom. The van der Waals surface area contributed by atoms with Crippen molar-refractivity contribution in [2.24, 2.45) is 0 Å². The van der Waals surface area contributed by atoms with Crippen molar-refractivity contribution in [3.63, 3.8) is 0 Å². The fourth-order valence-electron chi connectivity index (χ4n) is 2.36. The second-order valence-corrected chi connectivity index (χ2v) is 7.30. The fraction of sp³-hybridized carbons (Fsp3) is 0.533. The minimum Gasteiger partial charge on any atom is -0.372 e. The number of morpholine rings is 1. The molecule has 0 aliphatic carbocycles. The zero-order valence-electron chi connectivity index (χ0n) is 13.7. The van der Waals surface area contributed by atoms with Gasteiger partial charge in [-0.3, -0.25) is 4.79 Å². The number of ether oxygens (including phenoxy) is 1. The fourth-order valence-corrected chi connectivity index (χ4v) is 3.34. The monoisotopic (exact) mass is 393 g/mol. The highest BCUT2D eigenvalue weighted by Crippen LogP contribution is 2.28. The highest BCUT2D eigenvalue weighted by atomic mass is 32.2. The minimum atomic E-state index is -4.45. The van der Waals surface area contributed by atoms with Gasteiger partial charge in [0, 0.05) is 19.3 Å². The second kappa shape index (κ2) is 8.33. The molecule has 1 aromatic rings. The average Bonchev–Trinajstić information content (AvgIpc) is 2.51. The largest absolute Gasteiger partial charge is 0.417 e. The smallest absolute Gasteiger partial charge is 0.372 e. The number of anilines is 1. The van der Waals surface area contributed by atoms with E-state index in [1.54, 1.807) is 0 Å². The molecule has 2 unspecified atom stereocenters. The Labute approximate surface area is 153 Å². The number of hydrogen-bond acceptors (Lipinski definition) is 5.